The summed E-state index contributed by atoms with van der Waals surface area (Å²) >= 11 is 6.19. The molecule has 156 valence electrons. The van der Waals surface area contributed by atoms with Gasteiger partial charge in [-0.2, -0.15) is 0 Å². The molecule has 0 atom stereocenters. The number of pyridine rings is 1. The van der Waals surface area contributed by atoms with Gasteiger partial charge in [0.05, 0.1) is 11.1 Å². The lowest BCUT2D eigenvalue weighted by Gasteiger charge is -2.20. The van der Waals surface area contributed by atoms with E-state index < -0.39 is 11.4 Å². The Hall–Kier alpha value is -2.36. The van der Waals surface area contributed by atoms with Crippen molar-refractivity contribution in [2.24, 2.45) is 0 Å². The van der Waals surface area contributed by atoms with Crippen LogP contribution in [0.3, 0.4) is 0 Å². The number of fused-ring (bicyclic) bond motifs is 1. The second-order valence-corrected chi connectivity index (χ2v) is 8.70. The normalized spacial score (nSPS) is 12.9. The van der Waals surface area contributed by atoms with E-state index in [-0.39, 0.29) is 12.4 Å². The van der Waals surface area contributed by atoms with Crippen molar-refractivity contribution in [3.8, 4) is 11.3 Å². The quantitative estimate of drug-likeness (QED) is 0.507. The van der Waals surface area contributed by atoms with Crippen molar-refractivity contribution in [3.05, 3.63) is 87.6 Å². The molecule has 1 aliphatic carbocycles. The first-order valence-corrected chi connectivity index (χ1v) is 10.3. The second kappa shape index (κ2) is 8.79. The Bertz CT molecular complexity index is 1080. The molecule has 0 saturated heterocycles. The van der Waals surface area contributed by atoms with E-state index in [0.717, 1.165) is 42.5 Å². The van der Waals surface area contributed by atoms with Crippen LogP contribution in [0.1, 0.15) is 48.2 Å². The topological polar surface area (TPSA) is 50.2 Å². The molecule has 1 aliphatic rings. The van der Waals surface area contributed by atoms with Crippen molar-refractivity contribution < 1.29 is 9.90 Å². The van der Waals surface area contributed by atoms with Gasteiger partial charge in [0.2, 0.25) is 0 Å². The number of carboxylic acids is 1. The summed E-state index contributed by atoms with van der Waals surface area (Å²) in [4.78, 5) is 16.4. The molecule has 30 heavy (non-hydrogen) atoms. The third kappa shape index (κ3) is 4.38. The molecule has 1 aromatic heterocycles. The summed E-state index contributed by atoms with van der Waals surface area (Å²) in [7, 11) is 0. The first-order valence-electron chi connectivity index (χ1n) is 9.95. The summed E-state index contributed by atoms with van der Waals surface area (Å²) in [5.41, 5.74) is 6.95. The van der Waals surface area contributed by atoms with Crippen LogP contribution in [0.4, 0.5) is 0 Å². The number of nitrogens with zero attached hydrogens (tertiary/aromatic N) is 1. The van der Waals surface area contributed by atoms with E-state index in [1.54, 1.807) is 13.8 Å². The highest BCUT2D eigenvalue weighted by molar-refractivity contribution is 6.30. The van der Waals surface area contributed by atoms with Crippen LogP contribution in [0.5, 0.6) is 0 Å². The van der Waals surface area contributed by atoms with E-state index >= 15 is 0 Å². The highest BCUT2D eigenvalue weighted by Crippen LogP contribution is 2.31. The van der Waals surface area contributed by atoms with Crippen LogP contribution >= 0.6 is 24.0 Å². The van der Waals surface area contributed by atoms with E-state index in [1.807, 2.05) is 48.5 Å². The molecule has 0 fully saturated rings. The van der Waals surface area contributed by atoms with E-state index in [1.165, 1.54) is 22.4 Å². The van der Waals surface area contributed by atoms with Crippen molar-refractivity contribution in [2.45, 2.75) is 44.9 Å². The molecule has 0 amide bonds. The van der Waals surface area contributed by atoms with Crippen LogP contribution in [0.2, 0.25) is 5.02 Å². The van der Waals surface area contributed by atoms with E-state index in [0.29, 0.717) is 5.02 Å². The Morgan fingerprint density at radius 1 is 1.10 bits per heavy atom. The van der Waals surface area contributed by atoms with Gasteiger partial charge >= 0.3 is 5.97 Å². The summed E-state index contributed by atoms with van der Waals surface area (Å²) in [6.45, 7) is 3.47. The number of aryl methyl sites for hydroxylation is 1. The number of hydrogen-bond acceptors (Lipinski definition) is 2. The Labute approximate surface area is 188 Å². The summed E-state index contributed by atoms with van der Waals surface area (Å²) in [6, 6.07) is 18.0. The molecule has 3 nitrogen and oxygen atoms in total. The maximum absolute atomic E-state index is 11.5. The first kappa shape index (κ1) is 22.3. The van der Waals surface area contributed by atoms with Crippen molar-refractivity contribution >= 4 is 30.0 Å². The number of carbonyl (C=O) groups is 1. The zero-order chi connectivity index (χ0) is 20.6. The summed E-state index contributed by atoms with van der Waals surface area (Å²) in [5.74, 6) is -0.816. The van der Waals surface area contributed by atoms with Gasteiger partial charge in [-0.15, -0.1) is 12.4 Å². The molecule has 0 aliphatic heterocycles. The molecule has 1 heterocycles. The van der Waals surface area contributed by atoms with Gasteiger partial charge in [0.15, 0.2) is 0 Å². The minimum absolute atomic E-state index is 0. The molecular weight excluding hydrogens is 417 g/mol. The third-order valence-corrected chi connectivity index (χ3v) is 6.10. The predicted molar refractivity (Wildman–Crippen MR) is 124 cm³/mol. The highest BCUT2D eigenvalue weighted by atomic mass is 35.5. The van der Waals surface area contributed by atoms with Crippen molar-refractivity contribution in [1.82, 2.24) is 4.98 Å². The minimum atomic E-state index is -0.893. The fourth-order valence-corrected chi connectivity index (χ4v) is 4.15. The average Bonchev–Trinajstić information content (AvgIpc) is 3.17. The monoisotopic (exact) mass is 441 g/mol. The largest absolute Gasteiger partial charge is 0.481 e. The molecule has 3 aromatic rings. The van der Waals surface area contributed by atoms with Gasteiger partial charge in [-0.1, -0.05) is 48.0 Å². The standard InChI is InChI=1S/C25H24ClNO2.ClH/c1-25(2,24(28)29)19-11-9-16(10-12-19)13-18-15-23(17-5-3-6-20(26)14-17)27-22-8-4-7-21(18)22;/h3,5-6,9-12,14-15H,4,7-8,13H2,1-2H3,(H,28,29);1H. The van der Waals surface area contributed by atoms with Gasteiger partial charge in [0.25, 0.3) is 0 Å². The zero-order valence-electron chi connectivity index (χ0n) is 17.1. The average molecular weight is 442 g/mol. The third-order valence-electron chi connectivity index (χ3n) is 5.87. The second-order valence-electron chi connectivity index (χ2n) is 8.26. The minimum Gasteiger partial charge on any atom is -0.481 e. The van der Waals surface area contributed by atoms with Gasteiger partial charge < -0.3 is 5.11 Å². The number of carboxylic acid groups (broad SMARTS) is 1. The maximum Gasteiger partial charge on any atom is 0.313 e. The number of halogens is 2. The Kier molecular flexibility index (Phi) is 6.54. The summed E-state index contributed by atoms with van der Waals surface area (Å²) in [5, 5.41) is 10.2. The van der Waals surface area contributed by atoms with Gasteiger partial charge in [-0.05, 0) is 80.0 Å². The van der Waals surface area contributed by atoms with Crippen molar-refractivity contribution in [3.63, 3.8) is 0 Å². The fourth-order valence-electron chi connectivity index (χ4n) is 3.96. The van der Waals surface area contributed by atoms with Gasteiger partial charge in [-0.3, -0.25) is 9.78 Å². The predicted octanol–water partition coefficient (Wildman–Crippen LogP) is 6.27. The lowest BCUT2D eigenvalue weighted by Crippen LogP contribution is -2.28. The Morgan fingerprint density at radius 2 is 1.83 bits per heavy atom. The maximum atomic E-state index is 11.5. The number of benzene rings is 2. The molecule has 1 N–H and O–H groups in total. The summed E-state index contributed by atoms with van der Waals surface area (Å²) < 4.78 is 0. The van der Waals surface area contributed by atoms with Crippen molar-refractivity contribution in [2.75, 3.05) is 0 Å². The van der Waals surface area contributed by atoms with Gasteiger partial charge in [-0.25, -0.2) is 0 Å². The van der Waals surface area contributed by atoms with E-state index in [2.05, 4.69) is 6.07 Å². The van der Waals surface area contributed by atoms with Crippen LogP contribution in [0, 0.1) is 0 Å². The Morgan fingerprint density at radius 3 is 2.50 bits per heavy atom. The lowest BCUT2D eigenvalue weighted by molar-refractivity contribution is -0.142. The molecule has 5 heteroatoms. The molecular formula is C25H25Cl2NO2. The number of rotatable bonds is 5. The molecule has 0 saturated carbocycles. The smallest absolute Gasteiger partial charge is 0.313 e. The van der Waals surface area contributed by atoms with Crippen molar-refractivity contribution in [1.29, 1.82) is 0 Å². The molecule has 0 spiro atoms. The summed E-state index contributed by atoms with van der Waals surface area (Å²) in [6.07, 6.45) is 4.03. The molecule has 0 radical (unpaired) electrons. The van der Waals surface area contributed by atoms with Crippen LogP contribution in [0.15, 0.2) is 54.6 Å². The molecule has 2 aromatic carbocycles. The molecule has 0 unspecified atom stereocenters. The lowest BCUT2D eigenvalue weighted by atomic mass is 9.84. The number of aromatic nitrogens is 1. The van der Waals surface area contributed by atoms with Gasteiger partial charge in [0, 0.05) is 16.3 Å². The number of hydrogen-bond donors (Lipinski definition) is 1. The van der Waals surface area contributed by atoms with E-state index in [4.69, 9.17) is 16.6 Å². The number of aliphatic carboxylic acids is 1. The molecule has 4 rings (SSSR count). The Balaban J connectivity index is 0.00000256. The molecule has 0 bridgehead atoms. The van der Waals surface area contributed by atoms with Crippen LogP contribution in [0.25, 0.3) is 11.3 Å². The van der Waals surface area contributed by atoms with Crippen LogP contribution < -0.4 is 0 Å². The van der Waals surface area contributed by atoms with E-state index in [9.17, 15) is 9.90 Å². The SMILES string of the molecule is CC(C)(C(=O)O)c1ccc(Cc2cc(-c3cccc(Cl)c3)nc3c2CCC3)cc1.Cl. The van der Waals surface area contributed by atoms with Crippen LogP contribution in [-0.2, 0) is 29.5 Å². The highest BCUT2D eigenvalue weighted by Gasteiger charge is 2.29. The fraction of sp³-hybridized carbons (Fsp3) is 0.280. The zero-order valence-corrected chi connectivity index (χ0v) is 18.7. The van der Waals surface area contributed by atoms with Gasteiger partial charge in [0.1, 0.15) is 0 Å². The van der Waals surface area contributed by atoms with Crippen LogP contribution in [-0.4, -0.2) is 16.1 Å². The first-order chi connectivity index (χ1) is 13.8.